The first-order valence-corrected chi connectivity index (χ1v) is 18.2. The molecule has 4 atom stereocenters. The van der Waals surface area contributed by atoms with Crippen molar-refractivity contribution >= 4 is 22.5 Å². The third kappa shape index (κ3) is 7.48. The van der Waals surface area contributed by atoms with Crippen molar-refractivity contribution in [3.63, 3.8) is 0 Å². The van der Waals surface area contributed by atoms with E-state index in [-0.39, 0.29) is 28.2 Å². The normalized spacial score (nSPS) is 24.3. The van der Waals surface area contributed by atoms with E-state index in [1.807, 2.05) is 30.3 Å². The summed E-state index contributed by atoms with van der Waals surface area (Å²) < 4.78 is 26.1. The predicted molar refractivity (Wildman–Crippen MR) is 143 cm³/mol. The molecule has 1 aliphatic rings. The van der Waals surface area contributed by atoms with Crippen LogP contribution in [0.2, 0.25) is 36.3 Å². The molecule has 1 saturated heterocycles. The molecule has 1 aliphatic heterocycles. The summed E-state index contributed by atoms with van der Waals surface area (Å²) in [7, 11) is -4.33. The second-order valence-electron chi connectivity index (χ2n) is 12.5. The highest BCUT2D eigenvalue weighted by Crippen LogP contribution is 2.42. The fraction of sp³-hybridized carbons (Fsp3) is 0.731. The summed E-state index contributed by atoms with van der Waals surface area (Å²) in [6.45, 7) is 24.5. The molecular weight excluding hydrogens is 462 g/mol. The van der Waals surface area contributed by atoms with Gasteiger partial charge in [0.1, 0.15) is 12.1 Å². The number of carbonyl (C=O) groups excluding carboxylic acids is 1. The van der Waals surface area contributed by atoms with Gasteiger partial charge in [0.15, 0.2) is 22.9 Å². The zero-order chi connectivity index (χ0) is 25.9. The summed E-state index contributed by atoms with van der Waals surface area (Å²) in [5.74, 6) is -0.118. The summed E-state index contributed by atoms with van der Waals surface area (Å²) in [6, 6.07) is 9.69. The first kappa shape index (κ1) is 29.2. The van der Waals surface area contributed by atoms with E-state index in [9.17, 15) is 4.79 Å². The van der Waals surface area contributed by atoms with Crippen LogP contribution in [0, 0.1) is 0 Å². The van der Waals surface area contributed by atoms with Crippen LogP contribution in [-0.4, -0.2) is 53.7 Å². The van der Waals surface area contributed by atoms with Crippen molar-refractivity contribution in [3.8, 4) is 0 Å². The van der Waals surface area contributed by atoms with Gasteiger partial charge in [0.2, 0.25) is 5.91 Å². The maximum atomic E-state index is 12.2. The lowest BCUT2D eigenvalue weighted by atomic mass is 10.1. The van der Waals surface area contributed by atoms with Crippen molar-refractivity contribution in [1.82, 2.24) is 5.32 Å². The van der Waals surface area contributed by atoms with Crippen molar-refractivity contribution in [1.29, 1.82) is 0 Å². The molecule has 1 amide bonds. The average molecular weight is 510 g/mol. The van der Waals surface area contributed by atoms with Crippen LogP contribution in [0.25, 0.3) is 0 Å². The Kier molecular flexibility index (Phi) is 9.38. The van der Waals surface area contributed by atoms with E-state index < -0.39 is 29.0 Å². The van der Waals surface area contributed by atoms with Gasteiger partial charge in [0.05, 0.1) is 19.3 Å². The fourth-order valence-electron chi connectivity index (χ4n) is 3.34. The maximum absolute atomic E-state index is 12.2. The summed E-state index contributed by atoms with van der Waals surface area (Å²) in [5, 5.41) is 3.13. The first-order valence-electron chi connectivity index (χ1n) is 12.3. The molecule has 1 N–H and O–H groups in total. The number of rotatable bonds is 9. The molecule has 1 aromatic rings. The molecule has 0 spiro atoms. The predicted octanol–water partition coefficient (Wildman–Crippen LogP) is 5.85. The van der Waals surface area contributed by atoms with Gasteiger partial charge in [0.25, 0.3) is 0 Å². The lowest BCUT2D eigenvalue weighted by Crippen LogP contribution is -2.56. The molecule has 0 saturated carbocycles. The quantitative estimate of drug-likeness (QED) is 0.423. The van der Waals surface area contributed by atoms with E-state index in [4.69, 9.17) is 18.3 Å². The van der Waals surface area contributed by atoms with E-state index in [2.05, 4.69) is 73.0 Å². The van der Waals surface area contributed by atoms with Gasteiger partial charge in [-0.25, -0.2) is 0 Å². The smallest absolute Gasteiger partial charge is 0.217 e. The number of ether oxygens (including phenoxy) is 2. The SMILES string of the molecule is CC(=O)NC1C(O[Si](C)(C)C(C)(C)C)O[C@H](COCc2ccccc2)[C@@H]1O[Si](C)(C)C(C)(C)C. The highest BCUT2D eigenvalue weighted by molar-refractivity contribution is 6.74. The second-order valence-corrected chi connectivity index (χ2v) is 22.0. The molecular formula is C26H47NO5Si2. The Labute approximate surface area is 209 Å². The number of benzene rings is 1. The van der Waals surface area contributed by atoms with Gasteiger partial charge in [-0.05, 0) is 41.8 Å². The average Bonchev–Trinajstić information content (AvgIpc) is 2.96. The van der Waals surface area contributed by atoms with E-state index >= 15 is 0 Å². The van der Waals surface area contributed by atoms with Crippen LogP contribution in [0.15, 0.2) is 30.3 Å². The molecule has 6 nitrogen and oxygen atoms in total. The molecule has 0 radical (unpaired) electrons. The van der Waals surface area contributed by atoms with E-state index in [1.165, 1.54) is 6.92 Å². The Morgan fingerprint density at radius 1 is 0.941 bits per heavy atom. The van der Waals surface area contributed by atoms with Gasteiger partial charge < -0.3 is 23.6 Å². The van der Waals surface area contributed by atoms with Gasteiger partial charge in [-0.2, -0.15) is 0 Å². The number of carbonyl (C=O) groups is 1. The van der Waals surface area contributed by atoms with E-state index in [1.54, 1.807) is 0 Å². The third-order valence-electron chi connectivity index (χ3n) is 7.54. The highest BCUT2D eigenvalue weighted by atomic mass is 28.4. The molecule has 1 heterocycles. The van der Waals surface area contributed by atoms with Crippen molar-refractivity contribution in [2.45, 2.75) is 116 Å². The lowest BCUT2D eigenvalue weighted by Gasteiger charge is -2.41. The monoisotopic (exact) mass is 509 g/mol. The zero-order valence-electron chi connectivity index (χ0n) is 23.2. The molecule has 1 fully saturated rings. The van der Waals surface area contributed by atoms with Crippen molar-refractivity contribution in [2.75, 3.05) is 6.61 Å². The summed E-state index contributed by atoms with van der Waals surface area (Å²) in [6.07, 6.45) is -1.27. The largest absolute Gasteiger partial charge is 0.409 e. The van der Waals surface area contributed by atoms with Gasteiger partial charge in [-0.15, -0.1) is 0 Å². The van der Waals surface area contributed by atoms with Gasteiger partial charge in [-0.1, -0.05) is 71.9 Å². The van der Waals surface area contributed by atoms with Crippen molar-refractivity contribution in [2.24, 2.45) is 0 Å². The minimum Gasteiger partial charge on any atom is -0.409 e. The lowest BCUT2D eigenvalue weighted by molar-refractivity contribution is -0.126. The van der Waals surface area contributed by atoms with Crippen LogP contribution in [0.3, 0.4) is 0 Å². The summed E-state index contributed by atoms with van der Waals surface area (Å²) >= 11 is 0. The molecule has 8 heteroatoms. The van der Waals surface area contributed by atoms with Gasteiger partial charge in [0, 0.05) is 6.92 Å². The molecule has 194 valence electrons. The molecule has 0 aliphatic carbocycles. The first-order chi connectivity index (χ1) is 15.4. The van der Waals surface area contributed by atoms with Crippen LogP contribution in [-0.2, 0) is 29.7 Å². The molecule has 2 unspecified atom stereocenters. The zero-order valence-corrected chi connectivity index (χ0v) is 25.2. The van der Waals surface area contributed by atoms with Gasteiger partial charge in [-0.3, -0.25) is 4.79 Å². The number of hydrogen-bond acceptors (Lipinski definition) is 5. The topological polar surface area (TPSA) is 66.0 Å². The minimum atomic E-state index is -2.16. The minimum absolute atomic E-state index is 0.00874. The summed E-state index contributed by atoms with van der Waals surface area (Å²) in [4.78, 5) is 12.2. The molecule has 1 aromatic carbocycles. The number of hydrogen-bond donors (Lipinski definition) is 1. The number of amides is 1. The molecule has 2 rings (SSSR count). The highest BCUT2D eigenvalue weighted by Gasteiger charge is 2.53. The second kappa shape index (κ2) is 10.9. The molecule has 0 aromatic heterocycles. The fourth-order valence-corrected chi connectivity index (χ4v) is 5.81. The van der Waals surface area contributed by atoms with E-state index in [0.29, 0.717) is 13.2 Å². The van der Waals surface area contributed by atoms with Crippen LogP contribution < -0.4 is 5.32 Å². The Bertz CT molecular complexity index is 802. The third-order valence-corrected chi connectivity index (χ3v) is 16.4. The Morgan fingerprint density at radius 3 is 1.97 bits per heavy atom. The number of nitrogens with one attached hydrogen (secondary N) is 1. The Balaban J connectivity index is 2.31. The van der Waals surface area contributed by atoms with Crippen LogP contribution >= 0.6 is 0 Å². The van der Waals surface area contributed by atoms with Crippen LogP contribution in [0.5, 0.6) is 0 Å². The van der Waals surface area contributed by atoms with Gasteiger partial charge >= 0.3 is 0 Å². The van der Waals surface area contributed by atoms with Crippen LogP contribution in [0.4, 0.5) is 0 Å². The Hall–Kier alpha value is -1.04. The molecule has 0 bridgehead atoms. The Morgan fingerprint density at radius 2 is 1.47 bits per heavy atom. The molecule has 34 heavy (non-hydrogen) atoms. The van der Waals surface area contributed by atoms with E-state index in [0.717, 1.165) is 5.56 Å². The maximum Gasteiger partial charge on any atom is 0.217 e. The van der Waals surface area contributed by atoms with Crippen LogP contribution in [0.1, 0.15) is 54.0 Å². The van der Waals surface area contributed by atoms with Crippen molar-refractivity contribution < 1.29 is 23.1 Å². The van der Waals surface area contributed by atoms with Crippen molar-refractivity contribution in [3.05, 3.63) is 35.9 Å². The standard InChI is InChI=1S/C26H47NO5Si2/c1-19(28)27-22-23(31-33(8,9)25(2,3)4)21(18-29-17-20-15-13-12-14-16-20)30-24(22)32-34(10,11)26(5,6)7/h12-16,21-24H,17-18H2,1-11H3,(H,27,28)/t21-,22?,23+,24?/m1/s1. The summed E-state index contributed by atoms with van der Waals surface area (Å²) in [5.41, 5.74) is 1.11.